The molecule has 20 heavy (non-hydrogen) atoms. The molecule has 1 aliphatic heterocycles. The van der Waals surface area contributed by atoms with Gasteiger partial charge in [-0.3, -0.25) is 4.79 Å². The lowest BCUT2D eigenvalue weighted by Gasteiger charge is -2.12. The highest BCUT2D eigenvalue weighted by molar-refractivity contribution is 5.82. The van der Waals surface area contributed by atoms with E-state index in [1.807, 2.05) is 31.2 Å². The van der Waals surface area contributed by atoms with Crippen LogP contribution in [0.5, 0.6) is 5.75 Å². The monoisotopic (exact) mass is 278 g/mol. The quantitative estimate of drug-likeness (QED) is 0.758. The first kappa shape index (κ1) is 14.8. The molecule has 5 heteroatoms. The number of amides is 1. The maximum absolute atomic E-state index is 11.9. The summed E-state index contributed by atoms with van der Waals surface area (Å²) in [5, 5.41) is 6.02. The van der Waals surface area contributed by atoms with E-state index in [9.17, 15) is 4.79 Å². The van der Waals surface area contributed by atoms with Gasteiger partial charge in [-0.05, 0) is 31.0 Å². The third-order valence-electron chi connectivity index (χ3n) is 3.40. The number of benzene rings is 1. The van der Waals surface area contributed by atoms with Gasteiger partial charge in [-0.15, -0.1) is 0 Å². The van der Waals surface area contributed by atoms with E-state index >= 15 is 0 Å². The first-order valence-electron chi connectivity index (χ1n) is 6.92. The minimum atomic E-state index is -0.154. The number of hydrogen-bond acceptors (Lipinski definition) is 4. The molecule has 1 aromatic carbocycles. The van der Waals surface area contributed by atoms with Crippen LogP contribution in [-0.4, -0.2) is 44.9 Å². The van der Waals surface area contributed by atoms with Gasteiger partial charge in [0.2, 0.25) is 5.91 Å². The normalized spacial score (nSPS) is 21.7. The summed E-state index contributed by atoms with van der Waals surface area (Å²) in [6.07, 6.45) is 0.857. The summed E-state index contributed by atoms with van der Waals surface area (Å²) in [7, 11) is 1.67. The summed E-state index contributed by atoms with van der Waals surface area (Å²) in [6, 6.07) is 7.71. The number of carbonyl (C=O) groups excluding carboxylic acids is 1. The predicted octanol–water partition coefficient (Wildman–Crippen LogP) is 0.867. The van der Waals surface area contributed by atoms with Crippen LogP contribution in [0.1, 0.15) is 12.0 Å². The summed E-state index contributed by atoms with van der Waals surface area (Å²) in [4.78, 5) is 11.9. The molecule has 2 N–H and O–H groups in total. The van der Waals surface area contributed by atoms with Crippen LogP contribution in [0, 0.1) is 6.92 Å². The Labute approximate surface area is 119 Å². The number of rotatable bonds is 6. The number of aryl methyl sites for hydroxylation is 1. The fourth-order valence-corrected chi connectivity index (χ4v) is 2.25. The van der Waals surface area contributed by atoms with Gasteiger partial charge in [0.1, 0.15) is 12.4 Å². The van der Waals surface area contributed by atoms with Crippen molar-refractivity contribution in [3.05, 3.63) is 29.8 Å². The van der Waals surface area contributed by atoms with E-state index in [1.165, 1.54) is 0 Å². The second-order valence-electron chi connectivity index (χ2n) is 5.01. The highest BCUT2D eigenvalue weighted by Gasteiger charge is 2.28. The van der Waals surface area contributed by atoms with E-state index in [-0.39, 0.29) is 18.1 Å². The summed E-state index contributed by atoms with van der Waals surface area (Å²) >= 11 is 0. The van der Waals surface area contributed by atoms with Crippen LogP contribution in [0.25, 0.3) is 0 Å². The SMILES string of the molecule is COC1CNC(C(=O)NCCOc2cccc(C)c2)C1. The van der Waals surface area contributed by atoms with Gasteiger partial charge in [0.05, 0.1) is 18.7 Å². The van der Waals surface area contributed by atoms with E-state index in [0.717, 1.165) is 24.3 Å². The molecule has 1 amide bonds. The number of methoxy groups -OCH3 is 1. The van der Waals surface area contributed by atoms with Crippen molar-refractivity contribution in [3.63, 3.8) is 0 Å². The zero-order valence-corrected chi connectivity index (χ0v) is 12.0. The van der Waals surface area contributed by atoms with E-state index < -0.39 is 0 Å². The van der Waals surface area contributed by atoms with Gasteiger partial charge in [0.25, 0.3) is 0 Å². The van der Waals surface area contributed by atoms with E-state index in [0.29, 0.717) is 13.2 Å². The standard InChI is InChI=1S/C15H22N2O3/c1-11-4-3-5-12(8-11)20-7-6-16-15(18)14-9-13(19-2)10-17-14/h3-5,8,13-14,17H,6-7,9-10H2,1-2H3,(H,16,18). The van der Waals surface area contributed by atoms with Crippen LogP contribution < -0.4 is 15.4 Å². The molecular formula is C15H22N2O3. The Morgan fingerprint density at radius 1 is 1.50 bits per heavy atom. The highest BCUT2D eigenvalue weighted by Crippen LogP contribution is 2.12. The summed E-state index contributed by atoms with van der Waals surface area (Å²) in [5.41, 5.74) is 1.16. The molecular weight excluding hydrogens is 256 g/mol. The van der Waals surface area contributed by atoms with Crippen molar-refractivity contribution in [1.82, 2.24) is 10.6 Å². The van der Waals surface area contributed by atoms with Crippen molar-refractivity contribution in [2.45, 2.75) is 25.5 Å². The number of nitrogens with one attached hydrogen (secondary N) is 2. The van der Waals surface area contributed by atoms with Gasteiger partial charge >= 0.3 is 0 Å². The lowest BCUT2D eigenvalue weighted by atomic mass is 10.2. The topological polar surface area (TPSA) is 59.6 Å². The fraction of sp³-hybridized carbons (Fsp3) is 0.533. The molecule has 0 radical (unpaired) electrons. The minimum Gasteiger partial charge on any atom is -0.492 e. The number of hydrogen-bond donors (Lipinski definition) is 2. The minimum absolute atomic E-state index is 0.0115. The van der Waals surface area contributed by atoms with Crippen molar-refractivity contribution in [2.75, 3.05) is 26.8 Å². The molecule has 110 valence electrons. The molecule has 2 atom stereocenters. The van der Waals surface area contributed by atoms with Gasteiger partial charge in [-0.2, -0.15) is 0 Å². The predicted molar refractivity (Wildman–Crippen MR) is 76.9 cm³/mol. The van der Waals surface area contributed by atoms with Crippen LogP contribution in [0.15, 0.2) is 24.3 Å². The van der Waals surface area contributed by atoms with Gasteiger partial charge in [0, 0.05) is 13.7 Å². The smallest absolute Gasteiger partial charge is 0.237 e. The Bertz CT molecular complexity index is 450. The largest absolute Gasteiger partial charge is 0.492 e. The summed E-state index contributed by atoms with van der Waals surface area (Å²) < 4.78 is 10.8. The van der Waals surface area contributed by atoms with Crippen molar-refractivity contribution < 1.29 is 14.3 Å². The van der Waals surface area contributed by atoms with Crippen LogP contribution in [0.3, 0.4) is 0 Å². The van der Waals surface area contributed by atoms with Gasteiger partial charge in [-0.25, -0.2) is 0 Å². The van der Waals surface area contributed by atoms with E-state index in [2.05, 4.69) is 10.6 Å². The average Bonchev–Trinajstić information content (AvgIpc) is 2.92. The van der Waals surface area contributed by atoms with Crippen LogP contribution >= 0.6 is 0 Å². The molecule has 5 nitrogen and oxygen atoms in total. The van der Waals surface area contributed by atoms with Gasteiger partial charge < -0.3 is 20.1 Å². The molecule has 0 spiro atoms. The maximum Gasteiger partial charge on any atom is 0.237 e. The van der Waals surface area contributed by atoms with Crippen molar-refractivity contribution in [1.29, 1.82) is 0 Å². The van der Waals surface area contributed by atoms with Crippen LogP contribution in [0.4, 0.5) is 0 Å². The zero-order chi connectivity index (χ0) is 14.4. The molecule has 0 aromatic heterocycles. The van der Waals surface area contributed by atoms with Crippen LogP contribution in [-0.2, 0) is 9.53 Å². The van der Waals surface area contributed by atoms with Gasteiger partial charge in [0.15, 0.2) is 0 Å². The fourth-order valence-electron chi connectivity index (χ4n) is 2.25. The molecule has 1 saturated heterocycles. The Kier molecular flexibility index (Phi) is 5.38. The Morgan fingerprint density at radius 3 is 3.05 bits per heavy atom. The Balaban J connectivity index is 1.65. The molecule has 2 unspecified atom stereocenters. The Morgan fingerprint density at radius 2 is 2.35 bits per heavy atom. The first-order chi connectivity index (χ1) is 9.69. The second-order valence-corrected chi connectivity index (χ2v) is 5.01. The lowest BCUT2D eigenvalue weighted by Crippen LogP contribution is -2.41. The van der Waals surface area contributed by atoms with Crippen molar-refractivity contribution in [2.24, 2.45) is 0 Å². The number of carbonyl (C=O) groups is 1. The first-order valence-corrected chi connectivity index (χ1v) is 6.92. The van der Waals surface area contributed by atoms with E-state index in [4.69, 9.17) is 9.47 Å². The third kappa shape index (κ3) is 4.21. The summed E-state index contributed by atoms with van der Waals surface area (Å²) in [5.74, 6) is 0.843. The molecule has 0 bridgehead atoms. The van der Waals surface area contributed by atoms with Crippen LogP contribution in [0.2, 0.25) is 0 Å². The molecule has 0 saturated carbocycles. The molecule has 1 heterocycles. The third-order valence-corrected chi connectivity index (χ3v) is 3.40. The Hall–Kier alpha value is -1.59. The van der Waals surface area contributed by atoms with Crippen molar-refractivity contribution in [3.8, 4) is 5.75 Å². The maximum atomic E-state index is 11.9. The molecule has 2 rings (SSSR count). The second kappa shape index (κ2) is 7.26. The van der Waals surface area contributed by atoms with Gasteiger partial charge in [-0.1, -0.05) is 12.1 Å². The van der Waals surface area contributed by atoms with E-state index in [1.54, 1.807) is 7.11 Å². The summed E-state index contributed by atoms with van der Waals surface area (Å²) in [6.45, 7) is 3.72. The van der Waals surface area contributed by atoms with Crippen molar-refractivity contribution >= 4 is 5.91 Å². The number of ether oxygens (including phenoxy) is 2. The molecule has 0 aliphatic carbocycles. The lowest BCUT2D eigenvalue weighted by molar-refractivity contribution is -0.123. The molecule has 1 aliphatic rings. The zero-order valence-electron chi connectivity index (χ0n) is 12.0. The molecule has 1 aromatic rings. The molecule has 1 fully saturated rings. The highest BCUT2D eigenvalue weighted by atomic mass is 16.5. The average molecular weight is 278 g/mol.